The smallest absolute Gasteiger partial charge is 0.298 e. The Morgan fingerprint density at radius 1 is 1.26 bits per heavy atom. The summed E-state index contributed by atoms with van der Waals surface area (Å²) in [6.07, 6.45) is 1.32. The van der Waals surface area contributed by atoms with Crippen molar-refractivity contribution in [3.05, 3.63) is 45.4 Å². The molecule has 0 amide bonds. The third kappa shape index (κ3) is 2.45. The normalized spacial score (nSPS) is 11.2. The van der Waals surface area contributed by atoms with Crippen LogP contribution in [-0.4, -0.2) is 26.4 Å². The van der Waals surface area contributed by atoms with Gasteiger partial charge in [0.1, 0.15) is 11.1 Å². The van der Waals surface area contributed by atoms with Crippen molar-refractivity contribution in [3.8, 4) is 11.7 Å². The first-order valence-corrected chi connectivity index (χ1v) is 7.00. The van der Waals surface area contributed by atoms with E-state index in [9.17, 15) is 13.6 Å². The van der Waals surface area contributed by atoms with Crippen molar-refractivity contribution in [2.75, 3.05) is 6.61 Å². The summed E-state index contributed by atoms with van der Waals surface area (Å²) in [6, 6.07) is 1.55. The molecule has 1 aromatic carbocycles. The number of benzene rings is 1. The molecule has 0 aliphatic heterocycles. The molecule has 2 aromatic heterocycles. The van der Waals surface area contributed by atoms with E-state index in [0.29, 0.717) is 12.2 Å². The van der Waals surface area contributed by atoms with Gasteiger partial charge < -0.3 is 4.74 Å². The minimum absolute atomic E-state index is 0.0301. The standard InChI is InChI=1S/C15H14F2N4O2/c1-4-23-15-18-13-9(14(22)19-15)6-21(20-13)12-8(3)5-7(2)10(16)11(12)17/h5-6H,4H2,1-3H3,(H,18,19,20,22). The Labute approximate surface area is 129 Å². The molecule has 0 fully saturated rings. The molecular formula is C15H14F2N4O2. The maximum atomic E-state index is 14.3. The molecule has 0 saturated carbocycles. The Hall–Kier alpha value is -2.77. The fourth-order valence-corrected chi connectivity index (χ4v) is 2.40. The zero-order chi connectivity index (χ0) is 16.7. The molecule has 0 bridgehead atoms. The molecule has 0 saturated heterocycles. The molecule has 2 heterocycles. The number of rotatable bonds is 3. The number of nitrogens with zero attached hydrogens (tertiary/aromatic N) is 3. The number of aryl methyl sites for hydroxylation is 2. The third-order valence-corrected chi connectivity index (χ3v) is 3.43. The first-order valence-electron chi connectivity index (χ1n) is 7.00. The van der Waals surface area contributed by atoms with Gasteiger partial charge in [0.2, 0.25) is 0 Å². The number of aromatic nitrogens is 4. The van der Waals surface area contributed by atoms with Gasteiger partial charge in [0, 0.05) is 6.20 Å². The van der Waals surface area contributed by atoms with Gasteiger partial charge in [-0.15, -0.1) is 5.10 Å². The van der Waals surface area contributed by atoms with Gasteiger partial charge in [0.15, 0.2) is 17.3 Å². The van der Waals surface area contributed by atoms with E-state index in [0.717, 1.165) is 4.68 Å². The summed E-state index contributed by atoms with van der Waals surface area (Å²) in [5.41, 5.74) is 0.279. The minimum Gasteiger partial charge on any atom is -0.465 e. The van der Waals surface area contributed by atoms with Crippen LogP contribution in [0.3, 0.4) is 0 Å². The molecular weight excluding hydrogens is 306 g/mol. The van der Waals surface area contributed by atoms with Crippen LogP contribution in [-0.2, 0) is 0 Å². The number of ether oxygens (including phenoxy) is 1. The molecule has 0 aliphatic carbocycles. The Morgan fingerprint density at radius 3 is 2.70 bits per heavy atom. The van der Waals surface area contributed by atoms with Crippen molar-refractivity contribution in [2.45, 2.75) is 20.8 Å². The number of nitrogens with one attached hydrogen (secondary N) is 1. The van der Waals surface area contributed by atoms with Crippen LogP contribution in [0.15, 0.2) is 17.1 Å². The van der Waals surface area contributed by atoms with E-state index in [1.165, 1.54) is 19.2 Å². The third-order valence-electron chi connectivity index (χ3n) is 3.43. The van der Waals surface area contributed by atoms with Gasteiger partial charge in [-0.1, -0.05) is 6.07 Å². The largest absolute Gasteiger partial charge is 0.465 e. The van der Waals surface area contributed by atoms with Gasteiger partial charge in [-0.05, 0) is 31.9 Å². The van der Waals surface area contributed by atoms with E-state index >= 15 is 0 Å². The molecule has 0 unspecified atom stereocenters. The van der Waals surface area contributed by atoms with Crippen molar-refractivity contribution >= 4 is 11.0 Å². The van der Waals surface area contributed by atoms with Crippen molar-refractivity contribution in [2.24, 2.45) is 0 Å². The molecule has 0 spiro atoms. The first-order chi connectivity index (χ1) is 10.9. The number of fused-ring (bicyclic) bond motifs is 1. The Kier molecular flexibility index (Phi) is 3.59. The van der Waals surface area contributed by atoms with Gasteiger partial charge in [-0.2, -0.15) is 4.98 Å². The van der Waals surface area contributed by atoms with Gasteiger partial charge in [-0.25, -0.2) is 13.5 Å². The van der Waals surface area contributed by atoms with E-state index in [2.05, 4.69) is 15.1 Å². The average molecular weight is 320 g/mol. The molecule has 8 heteroatoms. The minimum atomic E-state index is -1.02. The summed E-state index contributed by atoms with van der Waals surface area (Å²) >= 11 is 0. The zero-order valence-electron chi connectivity index (χ0n) is 12.8. The van der Waals surface area contributed by atoms with E-state index in [1.807, 2.05) is 0 Å². The second kappa shape index (κ2) is 5.45. The summed E-state index contributed by atoms with van der Waals surface area (Å²) in [5, 5.41) is 4.24. The molecule has 0 atom stereocenters. The lowest BCUT2D eigenvalue weighted by molar-refractivity contribution is 0.313. The summed E-state index contributed by atoms with van der Waals surface area (Å²) in [7, 11) is 0. The van der Waals surface area contributed by atoms with Crippen molar-refractivity contribution in [3.63, 3.8) is 0 Å². The van der Waals surface area contributed by atoms with E-state index < -0.39 is 17.2 Å². The molecule has 6 nitrogen and oxygen atoms in total. The SMILES string of the molecule is CCOc1nc2nn(-c3c(C)cc(C)c(F)c3F)cc2c(=O)[nH]1. The van der Waals surface area contributed by atoms with Gasteiger partial charge in [0.05, 0.1) is 6.61 Å². The number of H-pyrrole nitrogens is 1. The highest BCUT2D eigenvalue weighted by Gasteiger charge is 2.18. The topological polar surface area (TPSA) is 72.8 Å². The maximum absolute atomic E-state index is 14.3. The quantitative estimate of drug-likeness (QED) is 0.804. The Bertz CT molecular complexity index is 962. The Balaban J connectivity index is 2.24. The molecule has 3 rings (SSSR count). The van der Waals surface area contributed by atoms with Crippen LogP contribution in [0.25, 0.3) is 16.7 Å². The molecule has 0 radical (unpaired) electrons. The average Bonchev–Trinajstić information content (AvgIpc) is 2.89. The van der Waals surface area contributed by atoms with Crippen molar-refractivity contribution in [1.82, 2.24) is 19.7 Å². The molecule has 23 heavy (non-hydrogen) atoms. The second-order valence-electron chi connectivity index (χ2n) is 5.10. The highest BCUT2D eigenvalue weighted by Crippen LogP contribution is 2.24. The fraction of sp³-hybridized carbons (Fsp3) is 0.267. The first kappa shape index (κ1) is 15.1. The Morgan fingerprint density at radius 2 is 2.00 bits per heavy atom. The predicted molar refractivity (Wildman–Crippen MR) is 80.0 cm³/mol. The number of hydrogen-bond acceptors (Lipinski definition) is 4. The summed E-state index contributed by atoms with van der Waals surface area (Å²) < 4.78 is 34.4. The van der Waals surface area contributed by atoms with Crippen molar-refractivity contribution in [1.29, 1.82) is 0 Å². The van der Waals surface area contributed by atoms with Crippen LogP contribution < -0.4 is 10.3 Å². The molecule has 3 aromatic rings. The number of hydrogen-bond donors (Lipinski definition) is 1. The van der Waals surface area contributed by atoms with Crippen LogP contribution >= 0.6 is 0 Å². The summed E-state index contributed by atoms with van der Waals surface area (Å²) in [4.78, 5) is 18.5. The zero-order valence-corrected chi connectivity index (χ0v) is 12.8. The summed E-state index contributed by atoms with van der Waals surface area (Å²) in [6.45, 7) is 5.19. The van der Waals surface area contributed by atoms with Crippen molar-refractivity contribution < 1.29 is 13.5 Å². The van der Waals surface area contributed by atoms with Gasteiger partial charge in [-0.3, -0.25) is 9.78 Å². The van der Waals surface area contributed by atoms with Gasteiger partial charge >= 0.3 is 0 Å². The van der Waals surface area contributed by atoms with Crippen LogP contribution in [0.2, 0.25) is 0 Å². The number of halogens is 2. The molecule has 0 aliphatic rings. The van der Waals surface area contributed by atoms with Crippen LogP contribution in [0.5, 0.6) is 6.01 Å². The lowest BCUT2D eigenvalue weighted by Crippen LogP contribution is -2.09. The van der Waals surface area contributed by atoms with E-state index in [1.54, 1.807) is 13.8 Å². The lowest BCUT2D eigenvalue weighted by atomic mass is 10.1. The molecule has 120 valence electrons. The van der Waals surface area contributed by atoms with Crippen LogP contribution in [0.1, 0.15) is 18.1 Å². The highest BCUT2D eigenvalue weighted by atomic mass is 19.2. The second-order valence-corrected chi connectivity index (χ2v) is 5.10. The van der Waals surface area contributed by atoms with E-state index in [-0.39, 0.29) is 28.3 Å². The van der Waals surface area contributed by atoms with E-state index in [4.69, 9.17) is 4.74 Å². The maximum Gasteiger partial charge on any atom is 0.298 e. The highest BCUT2D eigenvalue weighted by molar-refractivity contribution is 5.73. The fourth-order valence-electron chi connectivity index (χ4n) is 2.40. The number of aromatic amines is 1. The monoisotopic (exact) mass is 320 g/mol. The summed E-state index contributed by atoms with van der Waals surface area (Å²) in [5.74, 6) is -1.96. The molecule has 1 N–H and O–H groups in total. The lowest BCUT2D eigenvalue weighted by Gasteiger charge is -2.09. The predicted octanol–water partition coefficient (Wildman–Crippen LogP) is 2.40. The van der Waals surface area contributed by atoms with Crippen LogP contribution in [0, 0.1) is 25.5 Å². The van der Waals surface area contributed by atoms with Crippen LogP contribution in [0.4, 0.5) is 8.78 Å². The van der Waals surface area contributed by atoms with Gasteiger partial charge in [0.25, 0.3) is 11.6 Å².